The van der Waals surface area contributed by atoms with Crippen molar-refractivity contribution in [2.45, 2.75) is 24.3 Å². The number of hydrogen-bond donors (Lipinski definition) is 1. The summed E-state index contributed by atoms with van der Waals surface area (Å²) >= 11 is 11.9. The van der Waals surface area contributed by atoms with Crippen LogP contribution in [0.25, 0.3) is 0 Å². The standard InChI is InChI=1S/C20H24Cl2N2O4S/c1-27-17-11-14-7-10-24(13-15(14)12-18(17)28-2)9-4-8-23-29(25,26)19-6-3-5-16(21)20(19)22/h3,5-6,11-12,23H,4,7-10,13H2,1-2H3. The van der Waals surface area contributed by atoms with Crippen molar-refractivity contribution in [2.24, 2.45) is 0 Å². The van der Waals surface area contributed by atoms with Crippen molar-refractivity contribution in [3.05, 3.63) is 51.5 Å². The van der Waals surface area contributed by atoms with E-state index < -0.39 is 10.0 Å². The SMILES string of the molecule is COc1cc2c(cc1OC)CN(CCCNS(=O)(=O)c1cccc(Cl)c1Cl)CC2. The van der Waals surface area contributed by atoms with E-state index in [1.807, 2.05) is 12.1 Å². The third kappa shape index (κ3) is 5.16. The van der Waals surface area contributed by atoms with Crippen LogP contribution < -0.4 is 14.2 Å². The number of nitrogens with zero attached hydrogens (tertiary/aromatic N) is 1. The highest BCUT2D eigenvalue weighted by Gasteiger charge is 2.21. The maximum Gasteiger partial charge on any atom is 0.242 e. The van der Waals surface area contributed by atoms with Gasteiger partial charge in [0.05, 0.1) is 24.3 Å². The number of sulfonamides is 1. The molecule has 0 atom stereocenters. The van der Waals surface area contributed by atoms with Gasteiger partial charge in [0.1, 0.15) is 4.90 Å². The van der Waals surface area contributed by atoms with E-state index in [1.54, 1.807) is 26.4 Å². The number of hydrogen-bond acceptors (Lipinski definition) is 5. The quantitative estimate of drug-likeness (QED) is 0.610. The number of fused-ring (bicyclic) bond motifs is 1. The van der Waals surface area contributed by atoms with Crippen molar-refractivity contribution in [3.8, 4) is 11.5 Å². The second-order valence-corrected chi connectivity index (χ2v) is 9.33. The summed E-state index contributed by atoms with van der Waals surface area (Å²) < 4.78 is 38.3. The summed E-state index contributed by atoms with van der Waals surface area (Å²) in [6, 6.07) is 8.62. The smallest absolute Gasteiger partial charge is 0.242 e. The van der Waals surface area contributed by atoms with Crippen LogP contribution in [0.15, 0.2) is 35.2 Å². The van der Waals surface area contributed by atoms with Crippen molar-refractivity contribution in [1.29, 1.82) is 0 Å². The first-order valence-electron chi connectivity index (χ1n) is 9.25. The minimum absolute atomic E-state index is 0.000362. The second kappa shape index (κ2) is 9.53. The Hall–Kier alpha value is -1.51. The molecule has 1 aliphatic rings. The van der Waals surface area contributed by atoms with Crippen molar-refractivity contribution in [3.63, 3.8) is 0 Å². The summed E-state index contributed by atoms with van der Waals surface area (Å²) in [6.07, 6.45) is 1.60. The molecule has 158 valence electrons. The van der Waals surface area contributed by atoms with E-state index in [1.165, 1.54) is 17.2 Å². The molecular weight excluding hydrogens is 435 g/mol. The normalized spacial score (nSPS) is 14.5. The molecule has 0 radical (unpaired) electrons. The van der Waals surface area contributed by atoms with Crippen LogP contribution in [0.2, 0.25) is 10.0 Å². The van der Waals surface area contributed by atoms with E-state index in [2.05, 4.69) is 9.62 Å². The highest BCUT2D eigenvalue weighted by atomic mass is 35.5. The molecule has 0 aromatic heterocycles. The topological polar surface area (TPSA) is 67.9 Å². The monoisotopic (exact) mass is 458 g/mol. The van der Waals surface area contributed by atoms with Crippen LogP contribution >= 0.6 is 23.2 Å². The number of methoxy groups -OCH3 is 2. The van der Waals surface area contributed by atoms with Gasteiger partial charge in [0.15, 0.2) is 11.5 Å². The van der Waals surface area contributed by atoms with Gasteiger partial charge >= 0.3 is 0 Å². The Kier molecular flexibility index (Phi) is 7.29. The molecule has 0 spiro atoms. The minimum Gasteiger partial charge on any atom is -0.493 e. The molecule has 6 nitrogen and oxygen atoms in total. The van der Waals surface area contributed by atoms with Gasteiger partial charge in [-0.05, 0) is 54.8 Å². The Bertz CT molecular complexity index is 983. The van der Waals surface area contributed by atoms with Crippen LogP contribution in [-0.4, -0.2) is 47.2 Å². The Morgan fingerprint density at radius 1 is 1.10 bits per heavy atom. The van der Waals surface area contributed by atoms with Gasteiger partial charge in [-0.3, -0.25) is 4.90 Å². The molecule has 0 bridgehead atoms. The highest BCUT2D eigenvalue weighted by molar-refractivity contribution is 7.89. The summed E-state index contributed by atoms with van der Waals surface area (Å²) in [5.74, 6) is 1.47. The van der Waals surface area contributed by atoms with Gasteiger partial charge in [0.2, 0.25) is 10.0 Å². The third-order valence-electron chi connectivity index (χ3n) is 4.95. The molecule has 1 aliphatic heterocycles. The minimum atomic E-state index is -3.70. The maximum atomic E-state index is 12.5. The molecule has 0 unspecified atom stereocenters. The van der Waals surface area contributed by atoms with Crippen LogP contribution in [0.4, 0.5) is 0 Å². The van der Waals surface area contributed by atoms with Crippen LogP contribution in [0.3, 0.4) is 0 Å². The molecule has 1 N–H and O–H groups in total. The van der Waals surface area contributed by atoms with E-state index in [4.69, 9.17) is 32.7 Å². The Labute approximate surface area is 181 Å². The molecule has 0 saturated heterocycles. The summed E-state index contributed by atoms with van der Waals surface area (Å²) in [4.78, 5) is 2.30. The zero-order valence-electron chi connectivity index (χ0n) is 16.4. The molecule has 2 aromatic rings. The van der Waals surface area contributed by atoms with Crippen molar-refractivity contribution in [2.75, 3.05) is 33.9 Å². The number of ether oxygens (including phenoxy) is 2. The van der Waals surface area contributed by atoms with Crippen LogP contribution in [-0.2, 0) is 23.0 Å². The fourth-order valence-electron chi connectivity index (χ4n) is 3.41. The van der Waals surface area contributed by atoms with Gasteiger partial charge in [0.25, 0.3) is 0 Å². The lowest BCUT2D eigenvalue weighted by Gasteiger charge is -2.29. The average Bonchev–Trinajstić information content (AvgIpc) is 2.71. The van der Waals surface area contributed by atoms with E-state index in [0.717, 1.165) is 37.6 Å². The lowest BCUT2D eigenvalue weighted by Crippen LogP contribution is -2.34. The zero-order valence-corrected chi connectivity index (χ0v) is 18.7. The first-order chi connectivity index (χ1) is 13.9. The van der Waals surface area contributed by atoms with E-state index >= 15 is 0 Å². The predicted octanol–water partition coefficient (Wildman–Crippen LogP) is 3.74. The molecule has 9 heteroatoms. The van der Waals surface area contributed by atoms with E-state index in [0.29, 0.717) is 13.0 Å². The molecular formula is C20H24Cl2N2O4S. The number of rotatable bonds is 8. The molecule has 2 aromatic carbocycles. The zero-order chi connectivity index (χ0) is 21.0. The van der Waals surface area contributed by atoms with Gasteiger partial charge in [-0.25, -0.2) is 13.1 Å². The summed E-state index contributed by atoms with van der Waals surface area (Å²) in [5, 5.41) is 0.257. The molecule has 0 saturated carbocycles. The van der Waals surface area contributed by atoms with Gasteiger partial charge in [-0.2, -0.15) is 0 Å². The van der Waals surface area contributed by atoms with E-state index in [-0.39, 0.29) is 14.9 Å². The number of nitrogens with one attached hydrogen (secondary N) is 1. The van der Waals surface area contributed by atoms with Crippen molar-refractivity contribution < 1.29 is 17.9 Å². The predicted molar refractivity (Wildman–Crippen MR) is 115 cm³/mol. The Morgan fingerprint density at radius 3 is 2.48 bits per heavy atom. The van der Waals surface area contributed by atoms with Crippen molar-refractivity contribution in [1.82, 2.24) is 9.62 Å². The molecule has 0 aliphatic carbocycles. The molecule has 29 heavy (non-hydrogen) atoms. The average molecular weight is 459 g/mol. The number of halogens is 2. The fraction of sp³-hybridized carbons (Fsp3) is 0.400. The Morgan fingerprint density at radius 2 is 1.79 bits per heavy atom. The van der Waals surface area contributed by atoms with Gasteiger partial charge in [0, 0.05) is 19.6 Å². The first-order valence-corrected chi connectivity index (χ1v) is 11.5. The first kappa shape index (κ1) is 22.2. The van der Waals surface area contributed by atoms with Gasteiger partial charge in [-0.15, -0.1) is 0 Å². The van der Waals surface area contributed by atoms with Crippen LogP contribution in [0.5, 0.6) is 11.5 Å². The summed E-state index contributed by atoms with van der Waals surface area (Å²) in [5.41, 5.74) is 2.47. The molecule has 1 heterocycles. The lowest BCUT2D eigenvalue weighted by molar-refractivity contribution is 0.250. The van der Waals surface area contributed by atoms with Crippen molar-refractivity contribution >= 4 is 33.2 Å². The van der Waals surface area contributed by atoms with Crippen LogP contribution in [0.1, 0.15) is 17.5 Å². The van der Waals surface area contributed by atoms with Gasteiger partial charge in [-0.1, -0.05) is 29.3 Å². The van der Waals surface area contributed by atoms with E-state index in [9.17, 15) is 8.42 Å². The maximum absolute atomic E-state index is 12.5. The molecule has 0 fully saturated rings. The van der Waals surface area contributed by atoms with Crippen LogP contribution in [0, 0.1) is 0 Å². The molecule has 0 amide bonds. The molecule has 3 rings (SSSR count). The lowest BCUT2D eigenvalue weighted by atomic mass is 9.98. The number of benzene rings is 2. The largest absolute Gasteiger partial charge is 0.493 e. The summed E-state index contributed by atoms with van der Waals surface area (Å²) in [6.45, 7) is 2.80. The summed E-state index contributed by atoms with van der Waals surface area (Å²) in [7, 11) is -0.433. The van der Waals surface area contributed by atoms with Gasteiger partial charge < -0.3 is 9.47 Å². The fourth-order valence-corrected chi connectivity index (χ4v) is 5.24. The second-order valence-electron chi connectivity index (χ2n) is 6.81. The third-order valence-corrected chi connectivity index (χ3v) is 7.38. The highest BCUT2D eigenvalue weighted by Crippen LogP contribution is 2.33. The Balaban J connectivity index is 1.55.